The summed E-state index contributed by atoms with van der Waals surface area (Å²) in [4.78, 5) is 4.26. The molecule has 21 heavy (non-hydrogen) atoms. The van der Waals surface area contributed by atoms with Gasteiger partial charge in [-0.2, -0.15) is 11.8 Å². The van der Waals surface area contributed by atoms with Crippen LogP contribution >= 0.6 is 11.8 Å². The van der Waals surface area contributed by atoms with Crippen molar-refractivity contribution in [2.45, 2.75) is 32.1 Å². The van der Waals surface area contributed by atoms with Crippen LogP contribution in [0.2, 0.25) is 0 Å². The molecular weight excluding hydrogens is 282 g/mol. The van der Waals surface area contributed by atoms with Crippen molar-refractivity contribution in [2.75, 3.05) is 27.0 Å². The lowest BCUT2D eigenvalue weighted by atomic mass is 10.1. The molecule has 0 heterocycles. The molecule has 5 heteroatoms. The highest BCUT2D eigenvalue weighted by molar-refractivity contribution is 7.99. The van der Waals surface area contributed by atoms with Crippen LogP contribution in [0, 0.1) is 6.92 Å². The third kappa shape index (κ3) is 5.87. The highest BCUT2D eigenvalue weighted by Gasteiger charge is 2.16. The number of guanidine groups is 1. The zero-order chi connectivity index (χ0) is 15.9. The molecule has 0 aliphatic carbocycles. The van der Waals surface area contributed by atoms with E-state index < -0.39 is 0 Å². The molecule has 0 unspecified atom stereocenters. The van der Waals surface area contributed by atoms with Gasteiger partial charge >= 0.3 is 0 Å². The normalized spacial score (nSPS) is 12.2. The number of benzene rings is 1. The van der Waals surface area contributed by atoms with Gasteiger partial charge in [-0.15, -0.1) is 0 Å². The van der Waals surface area contributed by atoms with Crippen molar-refractivity contribution in [3.05, 3.63) is 29.3 Å². The molecule has 0 aliphatic rings. The number of thioether (sulfide) groups is 1. The molecule has 1 rings (SSSR count). The molecule has 0 amide bonds. The molecule has 1 aromatic carbocycles. The molecule has 0 saturated heterocycles. The Hall–Kier alpha value is -1.36. The monoisotopic (exact) mass is 309 g/mol. The van der Waals surface area contributed by atoms with Gasteiger partial charge < -0.3 is 15.4 Å². The molecule has 0 aromatic heterocycles. The Labute approximate surface area is 132 Å². The second-order valence-electron chi connectivity index (χ2n) is 5.55. The average molecular weight is 309 g/mol. The first kappa shape index (κ1) is 17.7. The summed E-state index contributed by atoms with van der Waals surface area (Å²) in [6.45, 7) is 8.09. The predicted octanol–water partition coefficient (Wildman–Crippen LogP) is 2.81. The second-order valence-corrected chi connectivity index (χ2v) is 7.06. The Morgan fingerprint density at radius 3 is 2.57 bits per heavy atom. The Bertz CT molecular complexity index is 486. The first-order valence-corrected chi connectivity index (χ1v) is 8.27. The molecule has 0 aliphatic heterocycles. The first-order chi connectivity index (χ1) is 9.91. The number of methoxy groups -OCH3 is 1. The van der Waals surface area contributed by atoms with Gasteiger partial charge in [-0.1, -0.05) is 12.1 Å². The summed E-state index contributed by atoms with van der Waals surface area (Å²) in [6.07, 6.45) is 2.12. The van der Waals surface area contributed by atoms with E-state index in [1.54, 1.807) is 14.2 Å². The standard InChI is InChI=1S/C16H27N3OS/c1-12-9-13(7-8-14(12)20-5)10-18-15(17-4)19-11-16(2,3)21-6/h7-9H,10-11H2,1-6H3,(H2,17,18,19). The van der Waals surface area contributed by atoms with Crippen molar-refractivity contribution < 1.29 is 4.74 Å². The Balaban J connectivity index is 2.54. The zero-order valence-electron chi connectivity index (χ0n) is 13.9. The maximum Gasteiger partial charge on any atom is 0.191 e. The number of ether oxygens (including phenoxy) is 1. The predicted molar refractivity (Wildman–Crippen MR) is 93.5 cm³/mol. The molecule has 0 radical (unpaired) electrons. The quantitative estimate of drug-likeness (QED) is 0.626. The van der Waals surface area contributed by atoms with Crippen molar-refractivity contribution in [1.29, 1.82) is 0 Å². The number of aryl methyl sites for hydroxylation is 1. The van der Waals surface area contributed by atoms with Gasteiger partial charge in [-0.05, 0) is 44.2 Å². The van der Waals surface area contributed by atoms with E-state index >= 15 is 0 Å². The lowest BCUT2D eigenvalue weighted by molar-refractivity contribution is 0.411. The smallest absolute Gasteiger partial charge is 0.191 e. The molecular formula is C16H27N3OS. The van der Waals surface area contributed by atoms with Crippen molar-refractivity contribution in [3.63, 3.8) is 0 Å². The Morgan fingerprint density at radius 1 is 1.33 bits per heavy atom. The van der Waals surface area contributed by atoms with Crippen molar-refractivity contribution in [1.82, 2.24) is 10.6 Å². The third-order valence-electron chi connectivity index (χ3n) is 3.38. The van der Waals surface area contributed by atoms with Crippen LogP contribution in [-0.4, -0.2) is 37.7 Å². The first-order valence-electron chi connectivity index (χ1n) is 7.05. The largest absolute Gasteiger partial charge is 0.496 e. The minimum Gasteiger partial charge on any atom is -0.496 e. The molecule has 0 atom stereocenters. The van der Waals surface area contributed by atoms with Gasteiger partial charge in [-0.3, -0.25) is 4.99 Å². The van der Waals surface area contributed by atoms with E-state index in [4.69, 9.17) is 4.74 Å². The van der Waals surface area contributed by atoms with Crippen molar-refractivity contribution >= 4 is 17.7 Å². The number of rotatable bonds is 6. The van der Waals surface area contributed by atoms with Gasteiger partial charge in [0.1, 0.15) is 5.75 Å². The van der Waals surface area contributed by atoms with Crippen molar-refractivity contribution in [3.8, 4) is 5.75 Å². The van der Waals surface area contributed by atoms with Gasteiger partial charge in [0.05, 0.1) is 7.11 Å². The number of nitrogens with zero attached hydrogens (tertiary/aromatic N) is 1. The van der Waals surface area contributed by atoms with Crippen LogP contribution in [0.1, 0.15) is 25.0 Å². The molecule has 2 N–H and O–H groups in total. The lowest BCUT2D eigenvalue weighted by Gasteiger charge is -2.23. The van der Waals surface area contributed by atoms with Gasteiger partial charge in [0.2, 0.25) is 0 Å². The van der Waals surface area contributed by atoms with Crippen LogP contribution in [-0.2, 0) is 6.54 Å². The number of nitrogens with one attached hydrogen (secondary N) is 2. The fourth-order valence-corrected chi connectivity index (χ4v) is 2.04. The van der Waals surface area contributed by atoms with E-state index in [0.717, 1.165) is 30.4 Å². The fourth-order valence-electron chi connectivity index (χ4n) is 1.83. The van der Waals surface area contributed by atoms with Gasteiger partial charge in [0.25, 0.3) is 0 Å². The number of aliphatic imine (C=N–C) groups is 1. The van der Waals surface area contributed by atoms with E-state index in [-0.39, 0.29) is 4.75 Å². The Morgan fingerprint density at radius 2 is 2.05 bits per heavy atom. The summed E-state index contributed by atoms with van der Waals surface area (Å²) >= 11 is 1.84. The summed E-state index contributed by atoms with van der Waals surface area (Å²) in [7, 11) is 3.49. The summed E-state index contributed by atoms with van der Waals surface area (Å²) in [5.41, 5.74) is 2.35. The van der Waals surface area contributed by atoms with E-state index in [0.29, 0.717) is 0 Å². The van der Waals surface area contributed by atoms with E-state index in [2.05, 4.69) is 54.8 Å². The minimum absolute atomic E-state index is 0.189. The van der Waals surface area contributed by atoms with Gasteiger partial charge in [0, 0.05) is 24.9 Å². The maximum atomic E-state index is 5.28. The number of hydrogen-bond acceptors (Lipinski definition) is 3. The van der Waals surface area contributed by atoms with Crippen LogP contribution in [0.5, 0.6) is 5.75 Å². The third-order valence-corrected chi connectivity index (χ3v) is 4.63. The van der Waals surface area contributed by atoms with E-state index in [1.807, 2.05) is 17.8 Å². The summed E-state index contributed by atoms with van der Waals surface area (Å²) in [6, 6.07) is 6.20. The molecule has 118 valence electrons. The molecule has 4 nitrogen and oxygen atoms in total. The molecule has 0 saturated carbocycles. The van der Waals surface area contributed by atoms with Crippen LogP contribution in [0.15, 0.2) is 23.2 Å². The minimum atomic E-state index is 0.189. The fraction of sp³-hybridized carbons (Fsp3) is 0.562. The van der Waals surface area contributed by atoms with Gasteiger partial charge in [-0.25, -0.2) is 0 Å². The summed E-state index contributed by atoms with van der Waals surface area (Å²) < 4.78 is 5.47. The van der Waals surface area contributed by atoms with E-state index in [1.165, 1.54) is 5.56 Å². The number of hydrogen-bond donors (Lipinski definition) is 2. The van der Waals surface area contributed by atoms with Crippen molar-refractivity contribution in [2.24, 2.45) is 4.99 Å². The summed E-state index contributed by atoms with van der Waals surface area (Å²) in [5, 5.41) is 6.70. The topological polar surface area (TPSA) is 45.7 Å². The van der Waals surface area contributed by atoms with Gasteiger partial charge in [0.15, 0.2) is 5.96 Å². The zero-order valence-corrected chi connectivity index (χ0v) is 14.7. The van der Waals surface area contributed by atoms with Crippen LogP contribution in [0.4, 0.5) is 0 Å². The SMILES string of the molecule is CN=C(NCc1ccc(OC)c(C)c1)NCC(C)(C)SC. The summed E-state index contributed by atoms with van der Waals surface area (Å²) in [5.74, 6) is 1.74. The molecule has 0 spiro atoms. The average Bonchev–Trinajstić information content (AvgIpc) is 2.47. The maximum absolute atomic E-state index is 5.28. The molecule has 0 fully saturated rings. The van der Waals surface area contributed by atoms with E-state index in [9.17, 15) is 0 Å². The molecule has 0 bridgehead atoms. The van der Waals surface area contributed by atoms with Crippen LogP contribution in [0.3, 0.4) is 0 Å². The lowest BCUT2D eigenvalue weighted by Crippen LogP contribution is -2.42. The highest BCUT2D eigenvalue weighted by atomic mass is 32.2. The van der Waals surface area contributed by atoms with Crippen LogP contribution in [0.25, 0.3) is 0 Å². The van der Waals surface area contributed by atoms with Crippen LogP contribution < -0.4 is 15.4 Å². The molecule has 1 aromatic rings. The second kappa shape index (κ2) is 8.17. The Kier molecular flexibility index (Phi) is 6.89. The highest BCUT2D eigenvalue weighted by Crippen LogP contribution is 2.19.